The van der Waals surface area contributed by atoms with E-state index in [1.165, 1.54) is 19.3 Å². The summed E-state index contributed by atoms with van der Waals surface area (Å²) in [4.78, 5) is 12.1. The van der Waals surface area contributed by atoms with Gasteiger partial charge in [-0.05, 0) is 45.4 Å². The summed E-state index contributed by atoms with van der Waals surface area (Å²) in [5, 5.41) is 16.1. The molecule has 0 saturated heterocycles. The highest BCUT2D eigenvalue weighted by atomic mass is 16.5. The first-order chi connectivity index (χ1) is 10.6. The van der Waals surface area contributed by atoms with Crippen LogP contribution in [0.2, 0.25) is 0 Å². The second-order valence-corrected chi connectivity index (χ2v) is 7.43. The monoisotopic (exact) mass is 310 g/mol. The van der Waals surface area contributed by atoms with Crippen molar-refractivity contribution in [3.05, 3.63) is 0 Å². The summed E-state index contributed by atoms with van der Waals surface area (Å²) in [6.07, 6.45) is 9.98. The van der Waals surface area contributed by atoms with Crippen LogP contribution in [0.1, 0.15) is 64.7 Å². The van der Waals surface area contributed by atoms with Crippen LogP contribution >= 0.6 is 0 Å². The van der Waals surface area contributed by atoms with Gasteiger partial charge in [0.15, 0.2) is 0 Å². The van der Waals surface area contributed by atoms with Crippen molar-refractivity contribution < 1.29 is 14.6 Å². The SMILES string of the molecule is CCOC1CC(NC(=O)NCC2(O)CCC2)C12CCCCC2. The molecule has 0 aromatic carbocycles. The average molecular weight is 310 g/mol. The molecule has 5 heteroatoms. The molecule has 3 saturated carbocycles. The molecule has 3 N–H and O–H groups in total. The lowest BCUT2D eigenvalue weighted by atomic mass is 9.55. The first-order valence-corrected chi connectivity index (χ1v) is 8.96. The van der Waals surface area contributed by atoms with E-state index < -0.39 is 5.60 Å². The first kappa shape index (κ1) is 16.1. The third-order valence-electron chi connectivity index (χ3n) is 6.10. The summed E-state index contributed by atoms with van der Waals surface area (Å²) in [6, 6.07) is 0.0885. The lowest BCUT2D eigenvalue weighted by Gasteiger charge is -2.57. The molecular formula is C17H30N2O3. The Balaban J connectivity index is 1.51. The average Bonchev–Trinajstić information content (AvgIpc) is 2.51. The fraction of sp³-hybridized carbons (Fsp3) is 0.941. The fourth-order valence-corrected chi connectivity index (χ4v) is 4.48. The quantitative estimate of drug-likeness (QED) is 0.730. The number of amides is 2. The zero-order valence-corrected chi connectivity index (χ0v) is 13.7. The number of aliphatic hydroxyl groups is 1. The molecule has 3 fully saturated rings. The molecule has 0 aromatic heterocycles. The molecule has 3 rings (SSSR count). The van der Waals surface area contributed by atoms with Crippen LogP contribution in [-0.2, 0) is 4.74 Å². The van der Waals surface area contributed by atoms with Crippen LogP contribution in [0.5, 0.6) is 0 Å². The van der Waals surface area contributed by atoms with Gasteiger partial charge in [0.2, 0.25) is 0 Å². The van der Waals surface area contributed by atoms with Crippen LogP contribution < -0.4 is 10.6 Å². The second kappa shape index (κ2) is 6.36. The lowest BCUT2D eigenvalue weighted by Crippen LogP contribution is -2.66. The van der Waals surface area contributed by atoms with Gasteiger partial charge in [-0.25, -0.2) is 4.79 Å². The van der Waals surface area contributed by atoms with Crippen LogP contribution in [0, 0.1) is 5.41 Å². The number of hydrogen-bond donors (Lipinski definition) is 3. The number of carbonyl (C=O) groups excluding carboxylic acids is 1. The van der Waals surface area contributed by atoms with Crippen molar-refractivity contribution in [2.24, 2.45) is 5.41 Å². The highest BCUT2D eigenvalue weighted by molar-refractivity contribution is 5.74. The molecule has 2 amide bonds. The van der Waals surface area contributed by atoms with Crippen LogP contribution in [0.3, 0.4) is 0 Å². The number of rotatable bonds is 5. The molecule has 126 valence electrons. The Hall–Kier alpha value is -0.810. The molecule has 0 radical (unpaired) electrons. The summed E-state index contributed by atoms with van der Waals surface area (Å²) < 4.78 is 5.91. The minimum absolute atomic E-state index is 0.134. The maximum absolute atomic E-state index is 12.1. The van der Waals surface area contributed by atoms with Gasteiger partial charge in [-0.3, -0.25) is 0 Å². The normalized spacial score (nSPS) is 31.9. The van der Waals surface area contributed by atoms with Gasteiger partial charge in [-0.2, -0.15) is 0 Å². The standard InChI is InChI=1S/C17H30N2O3/c1-2-22-14-11-13(17(14)9-4-3-5-10-17)19-15(20)18-12-16(21)7-6-8-16/h13-14,21H,2-12H2,1H3,(H2,18,19,20). The third kappa shape index (κ3) is 2.98. The number of carbonyl (C=O) groups is 1. The Morgan fingerprint density at radius 2 is 1.91 bits per heavy atom. The van der Waals surface area contributed by atoms with Crippen molar-refractivity contribution in [1.29, 1.82) is 0 Å². The van der Waals surface area contributed by atoms with E-state index in [0.717, 1.165) is 45.1 Å². The molecule has 5 nitrogen and oxygen atoms in total. The zero-order valence-electron chi connectivity index (χ0n) is 13.7. The summed E-state index contributed by atoms with van der Waals surface area (Å²) in [5.41, 5.74) is -0.508. The molecular weight excluding hydrogens is 280 g/mol. The molecule has 0 bridgehead atoms. The van der Waals surface area contributed by atoms with Gasteiger partial charge in [-0.1, -0.05) is 19.3 Å². The largest absolute Gasteiger partial charge is 0.388 e. The molecule has 2 atom stereocenters. The molecule has 2 unspecified atom stereocenters. The Morgan fingerprint density at radius 1 is 1.18 bits per heavy atom. The summed E-state index contributed by atoms with van der Waals surface area (Å²) in [6.45, 7) is 3.16. The Kier molecular flexibility index (Phi) is 4.64. The Labute approximate surface area is 133 Å². The van der Waals surface area contributed by atoms with E-state index in [-0.39, 0.29) is 17.5 Å². The van der Waals surface area contributed by atoms with Crippen molar-refractivity contribution in [2.75, 3.05) is 13.2 Å². The number of urea groups is 1. The van der Waals surface area contributed by atoms with Crippen LogP contribution in [-0.4, -0.2) is 42.0 Å². The van der Waals surface area contributed by atoms with E-state index in [4.69, 9.17) is 4.74 Å². The summed E-state index contributed by atoms with van der Waals surface area (Å²) in [5.74, 6) is 0. The molecule has 0 heterocycles. The van der Waals surface area contributed by atoms with Gasteiger partial charge in [0.25, 0.3) is 0 Å². The van der Waals surface area contributed by atoms with E-state index in [2.05, 4.69) is 10.6 Å². The van der Waals surface area contributed by atoms with Crippen molar-refractivity contribution in [3.63, 3.8) is 0 Å². The third-order valence-corrected chi connectivity index (χ3v) is 6.10. The van der Waals surface area contributed by atoms with Gasteiger partial charge in [0.05, 0.1) is 11.7 Å². The van der Waals surface area contributed by atoms with E-state index in [1.54, 1.807) is 0 Å². The highest BCUT2D eigenvalue weighted by Crippen LogP contribution is 2.53. The van der Waals surface area contributed by atoms with E-state index in [9.17, 15) is 9.90 Å². The van der Waals surface area contributed by atoms with Crippen LogP contribution in [0.4, 0.5) is 4.79 Å². The molecule has 3 aliphatic carbocycles. The number of hydrogen-bond acceptors (Lipinski definition) is 3. The van der Waals surface area contributed by atoms with Crippen LogP contribution in [0.15, 0.2) is 0 Å². The smallest absolute Gasteiger partial charge is 0.315 e. The van der Waals surface area contributed by atoms with Crippen molar-refractivity contribution in [3.8, 4) is 0 Å². The highest BCUT2D eigenvalue weighted by Gasteiger charge is 2.56. The van der Waals surface area contributed by atoms with Gasteiger partial charge < -0.3 is 20.5 Å². The summed E-state index contributed by atoms with van der Waals surface area (Å²) >= 11 is 0. The lowest BCUT2D eigenvalue weighted by molar-refractivity contribution is -0.146. The van der Waals surface area contributed by atoms with Gasteiger partial charge in [0.1, 0.15) is 0 Å². The fourth-order valence-electron chi connectivity index (χ4n) is 4.48. The van der Waals surface area contributed by atoms with Gasteiger partial charge in [0, 0.05) is 24.6 Å². The van der Waals surface area contributed by atoms with Crippen molar-refractivity contribution in [2.45, 2.75) is 82.5 Å². The number of nitrogens with one attached hydrogen (secondary N) is 2. The Morgan fingerprint density at radius 3 is 2.50 bits per heavy atom. The molecule has 3 aliphatic rings. The van der Waals surface area contributed by atoms with Gasteiger partial charge >= 0.3 is 6.03 Å². The van der Waals surface area contributed by atoms with E-state index >= 15 is 0 Å². The van der Waals surface area contributed by atoms with Crippen LogP contribution in [0.25, 0.3) is 0 Å². The first-order valence-electron chi connectivity index (χ1n) is 8.96. The molecule has 0 aliphatic heterocycles. The topological polar surface area (TPSA) is 70.6 Å². The van der Waals surface area contributed by atoms with E-state index in [1.807, 2.05) is 6.92 Å². The maximum atomic E-state index is 12.1. The maximum Gasteiger partial charge on any atom is 0.315 e. The Bertz CT molecular complexity index is 403. The van der Waals surface area contributed by atoms with E-state index in [0.29, 0.717) is 12.6 Å². The minimum Gasteiger partial charge on any atom is -0.388 e. The second-order valence-electron chi connectivity index (χ2n) is 7.43. The molecule has 0 aromatic rings. The van der Waals surface area contributed by atoms with Gasteiger partial charge in [-0.15, -0.1) is 0 Å². The zero-order chi connectivity index (χ0) is 15.6. The predicted molar refractivity (Wildman–Crippen MR) is 84.7 cm³/mol. The van der Waals surface area contributed by atoms with Crippen molar-refractivity contribution >= 4 is 6.03 Å². The van der Waals surface area contributed by atoms with Crippen molar-refractivity contribution in [1.82, 2.24) is 10.6 Å². The minimum atomic E-state index is -0.659. The summed E-state index contributed by atoms with van der Waals surface area (Å²) in [7, 11) is 0. The number of ether oxygens (including phenoxy) is 1. The molecule has 1 spiro atoms. The predicted octanol–water partition coefficient (Wildman–Crippen LogP) is 2.33. The molecule has 22 heavy (non-hydrogen) atoms.